The van der Waals surface area contributed by atoms with E-state index in [9.17, 15) is 24.3 Å². The summed E-state index contributed by atoms with van der Waals surface area (Å²) < 4.78 is 0. The van der Waals surface area contributed by atoms with Gasteiger partial charge in [0.1, 0.15) is 5.75 Å². The summed E-state index contributed by atoms with van der Waals surface area (Å²) in [7, 11) is 0. The molecule has 1 saturated heterocycles. The standard InChI is InChI=1S/C23H18ClNO5/c1-9-6-17(27)15-8-14-11(4-5-13-19(14)23(30)25-22(13)29)18(20(15)21(9)28)12-3-2-10(26)7-16(12)24/h2-4,6-7,13-14,18-19,26H,5,8H2,1H3,(H,25,29,30). The summed E-state index contributed by atoms with van der Waals surface area (Å²) in [6.45, 7) is 1.61. The van der Waals surface area contributed by atoms with E-state index in [1.165, 1.54) is 18.2 Å². The zero-order valence-electron chi connectivity index (χ0n) is 16.1. The van der Waals surface area contributed by atoms with E-state index in [1.54, 1.807) is 13.0 Å². The summed E-state index contributed by atoms with van der Waals surface area (Å²) in [5.41, 5.74) is 2.56. The van der Waals surface area contributed by atoms with Crippen molar-refractivity contribution in [2.45, 2.75) is 25.7 Å². The predicted octanol–water partition coefficient (Wildman–Crippen LogP) is 2.76. The molecule has 152 valence electrons. The van der Waals surface area contributed by atoms with Crippen LogP contribution < -0.4 is 5.32 Å². The topological polar surface area (TPSA) is 101 Å². The number of rotatable bonds is 1. The summed E-state index contributed by atoms with van der Waals surface area (Å²) in [4.78, 5) is 50.8. The number of phenolic OH excluding ortho intramolecular Hbond substituents is 1. The largest absolute Gasteiger partial charge is 0.508 e. The molecule has 4 aliphatic rings. The highest BCUT2D eigenvalue weighted by atomic mass is 35.5. The molecule has 7 heteroatoms. The van der Waals surface area contributed by atoms with Gasteiger partial charge < -0.3 is 5.11 Å². The molecule has 2 N–H and O–H groups in total. The first-order valence-electron chi connectivity index (χ1n) is 9.81. The van der Waals surface area contributed by atoms with E-state index in [0.717, 1.165) is 5.57 Å². The summed E-state index contributed by atoms with van der Waals surface area (Å²) in [6.07, 6.45) is 3.89. The lowest BCUT2D eigenvalue weighted by molar-refractivity contribution is -0.126. The smallest absolute Gasteiger partial charge is 0.231 e. The van der Waals surface area contributed by atoms with Gasteiger partial charge in [-0.2, -0.15) is 0 Å². The van der Waals surface area contributed by atoms with E-state index in [1.807, 2.05) is 6.08 Å². The second-order valence-electron chi connectivity index (χ2n) is 8.29. The lowest BCUT2D eigenvalue weighted by Crippen LogP contribution is -2.39. The molecule has 4 unspecified atom stereocenters. The molecule has 0 saturated carbocycles. The lowest BCUT2D eigenvalue weighted by Gasteiger charge is -2.42. The van der Waals surface area contributed by atoms with Gasteiger partial charge >= 0.3 is 0 Å². The molecule has 2 amide bonds. The van der Waals surface area contributed by atoms with Crippen molar-refractivity contribution in [3.8, 4) is 5.75 Å². The maximum Gasteiger partial charge on any atom is 0.231 e. The fourth-order valence-electron chi connectivity index (χ4n) is 5.38. The second kappa shape index (κ2) is 6.51. The van der Waals surface area contributed by atoms with Crippen molar-refractivity contribution in [2.75, 3.05) is 0 Å². The Bertz CT molecular complexity index is 1160. The maximum atomic E-state index is 13.2. The van der Waals surface area contributed by atoms with Crippen molar-refractivity contribution in [3.05, 3.63) is 63.2 Å². The number of amides is 2. The van der Waals surface area contributed by atoms with Crippen molar-refractivity contribution in [1.29, 1.82) is 0 Å². The maximum absolute atomic E-state index is 13.2. The van der Waals surface area contributed by atoms with Crippen molar-refractivity contribution in [2.24, 2.45) is 17.8 Å². The normalized spacial score (nSPS) is 30.3. The molecule has 1 aromatic carbocycles. The number of carbonyl (C=O) groups is 4. The number of halogens is 1. The van der Waals surface area contributed by atoms with Crippen LogP contribution in [0.5, 0.6) is 5.75 Å². The fourth-order valence-corrected chi connectivity index (χ4v) is 5.66. The van der Waals surface area contributed by atoms with Gasteiger partial charge in [-0.15, -0.1) is 0 Å². The van der Waals surface area contributed by atoms with Crippen molar-refractivity contribution >= 4 is 35.0 Å². The summed E-state index contributed by atoms with van der Waals surface area (Å²) >= 11 is 6.45. The SMILES string of the molecule is CC1=CC(=O)C2=C(C1=O)C(c1ccc(O)cc1Cl)C1=CCC3C(=O)NC(=O)C3C1C2. The molecule has 30 heavy (non-hydrogen) atoms. The molecule has 1 aliphatic heterocycles. The Morgan fingerprint density at radius 2 is 1.87 bits per heavy atom. The molecular weight excluding hydrogens is 406 g/mol. The van der Waals surface area contributed by atoms with Gasteiger partial charge in [0.25, 0.3) is 0 Å². The van der Waals surface area contributed by atoms with Crippen LogP contribution in [0.1, 0.15) is 31.2 Å². The van der Waals surface area contributed by atoms with E-state index in [4.69, 9.17) is 11.6 Å². The zero-order chi connectivity index (χ0) is 21.3. The van der Waals surface area contributed by atoms with Gasteiger partial charge in [-0.1, -0.05) is 29.3 Å². The van der Waals surface area contributed by atoms with Gasteiger partial charge in [-0.3, -0.25) is 24.5 Å². The number of nitrogens with one attached hydrogen (secondary N) is 1. The molecule has 0 spiro atoms. The van der Waals surface area contributed by atoms with Crippen LogP contribution in [-0.2, 0) is 19.2 Å². The number of benzene rings is 1. The molecule has 4 atom stereocenters. The zero-order valence-corrected chi connectivity index (χ0v) is 16.8. The quantitative estimate of drug-likeness (QED) is 0.411. The van der Waals surface area contributed by atoms with Crippen molar-refractivity contribution in [3.63, 3.8) is 0 Å². The first kappa shape index (κ1) is 19.0. The molecule has 0 radical (unpaired) electrons. The Balaban J connectivity index is 1.74. The number of imide groups is 1. The molecule has 0 aromatic heterocycles. The Morgan fingerprint density at radius 1 is 1.10 bits per heavy atom. The van der Waals surface area contributed by atoms with Crippen molar-refractivity contribution < 1.29 is 24.3 Å². The average Bonchev–Trinajstić information content (AvgIpc) is 2.99. The number of carbonyl (C=O) groups excluding carboxylic acids is 4. The van der Waals surface area contributed by atoms with Crippen LogP contribution in [-0.4, -0.2) is 28.5 Å². The number of ketones is 2. The van der Waals surface area contributed by atoms with Crippen LogP contribution in [0.4, 0.5) is 0 Å². The third kappa shape index (κ3) is 2.56. The van der Waals surface area contributed by atoms with Gasteiger partial charge in [-0.05, 0) is 49.5 Å². The number of fused-ring (bicyclic) bond motifs is 3. The highest BCUT2D eigenvalue weighted by Crippen LogP contribution is 2.55. The van der Waals surface area contributed by atoms with E-state index >= 15 is 0 Å². The van der Waals surface area contributed by atoms with Gasteiger partial charge in [0.05, 0.1) is 11.8 Å². The van der Waals surface area contributed by atoms with Crippen LogP contribution in [0.3, 0.4) is 0 Å². The van der Waals surface area contributed by atoms with Gasteiger partial charge in [0.15, 0.2) is 11.6 Å². The fraction of sp³-hybridized carbons (Fsp3) is 0.304. The highest BCUT2D eigenvalue weighted by molar-refractivity contribution is 6.32. The Kier molecular flexibility index (Phi) is 4.12. The van der Waals surface area contributed by atoms with Crippen LogP contribution in [0, 0.1) is 17.8 Å². The van der Waals surface area contributed by atoms with Gasteiger partial charge in [-0.25, -0.2) is 0 Å². The monoisotopic (exact) mass is 423 g/mol. The average molecular weight is 424 g/mol. The molecular formula is C23H18ClNO5. The van der Waals surface area contributed by atoms with E-state index in [2.05, 4.69) is 5.32 Å². The van der Waals surface area contributed by atoms with E-state index in [-0.39, 0.29) is 46.5 Å². The van der Waals surface area contributed by atoms with Crippen molar-refractivity contribution in [1.82, 2.24) is 5.32 Å². The second-order valence-corrected chi connectivity index (χ2v) is 8.70. The van der Waals surface area contributed by atoms with Crippen LogP contribution >= 0.6 is 11.6 Å². The number of phenols is 1. The Hall–Kier alpha value is -2.99. The third-order valence-electron chi connectivity index (χ3n) is 6.70. The van der Waals surface area contributed by atoms with Crippen LogP contribution in [0.2, 0.25) is 5.02 Å². The minimum atomic E-state index is -0.601. The van der Waals surface area contributed by atoms with Gasteiger partial charge in [0, 0.05) is 27.7 Å². The number of aromatic hydroxyl groups is 1. The minimum absolute atomic E-state index is 0.00843. The van der Waals surface area contributed by atoms with Gasteiger partial charge in [0.2, 0.25) is 11.8 Å². The number of Topliss-reactive ketones (excluding diaryl/α,β-unsaturated/α-hetero) is 1. The summed E-state index contributed by atoms with van der Waals surface area (Å²) in [6, 6.07) is 4.53. The number of hydrogen-bond acceptors (Lipinski definition) is 5. The molecule has 1 heterocycles. The highest BCUT2D eigenvalue weighted by Gasteiger charge is 2.53. The predicted molar refractivity (Wildman–Crippen MR) is 108 cm³/mol. The molecule has 1 aromatic rings. The lowest BCUT2D eigenvalue weighted by atomic mass is 9.59. The summed E-state index contributed by atoms with van der Waals surface area (Å²) in [5.74, 6) is -3.09. The Morgan fingerprint density at radius 3 is 2.60 bits per heavy atom. The molecule has 3 aliphatic carbocycles. The molecule has 6 nitrogen and oxygen atoms in total. The molecule has 0 bridgehead atoms. The Labute approximate surface area is 177 Å². The van der Waals surface area contributed by atoms with E-state index < -0.39 is 17.8 Å². The first-order valence-corrected chi connectivity index (χ1v) is 10.2. The molecule has 1 fully saturated rings. The molecule has 5 rings (SSSR count). The van der Waals surface area contributed by atoms with Crippen LogP contribution in [0.15, 0.2) is 52.6 Å². The number of allylic oxidation sites excluding steroid dienone is 6. The third-order valence-corrected chi connectivity index (χ3v) is 7.03. The summed E-state index contributed by atoms with van der Waals surface area (Å²) in [5, 5.41) is 12.5. The minimum Gasteiger partial charge on any atom is -0.508 e. The first-order chi connectivity index (χ1) is 14.3. The number of hydrogen-bond donors (Lipinski definition) is 2. The van der Waals surface area contributed by atoms with E-state index in [0.29, 0.717) is 28.7 Å². The van der Waals surface area contributed by atoms with Crippen LogP contribution in [0.25, 0.3) is 0 Å².